The number of nitrogens with one attached hydrogen (secondary N) is 1. The molecule has 9 heteroatoms. The standard InChI is InChI=1S/C17H16N2O6S/c1-10-11(2)18-25-17(10)14-5-6-16(24-14)26(20,21)19-12-3-4-13-15(9-12)23-8-7-22-13/h3-6,9,19H,7-8H2,1-2H3. The normalized spacial score (nSPS) is 13.6. The lowest BCUT2D eigenvalue weighted by Gasteiger charge is -2.19. The number of ether oxygens (including phenoxy) is 2. The molecule has 1 aliphatic heterocycles. The SMILES string of the molecule is Cc1noc(-c2ccc(S(=O)(=O)Nc3ccc4c(c3)OCCO4)o2)c1C. The number of anilines is 1. The van der Waals surface area contributed by atoms with Crippen LogP contribution in [0.4, 0.5) is 5.69 Å². The van der Waals surface area contributed by atoms with Gasteiger partial charge < -0.3 is 18.4 Å². The number of fused-ring (bicyclic) bond motifs is 1. The zero-order valence-electron chi connectivity index (χ0n) is 14.1. The third-order valence-corrected chi connectivity index (χ3v) is 5.28. The highest BCUT2D eigenvalue weighted by molar-refractivity contribution is 7.92. The van der Waals surface area contributed by atoms with E-state index in [9.17, 15) is 8.42 Å². The number of furan rings is 1. The van der Waals surface area contributed by atoms with Crippen LogP contribution in [0.25, 0.3) is 11.5 Å². The number of hydrogen-bond donors (Lipinski definition) is 1. The lowest BCUT2D eigenvalue weighted by atomic mass is 10.2. The molecular formula is C17H16N2O6S. The summed E-state index contributed by atoms with van der Waals surface area (Å²) < 4.78 is 49.2. The predicted octanol–water partition coefficient (Wildman–Crippen LogP) is 3.12. The Morgan fingerprint density at radius 3 is 2.54 bits per heavy atom. The number of hydrogen-bond acceptors (Lipinski definition) is 7. The molecule has 1 aliphatic rings. The molecule has 136 valence electrons. The molecule has 1 N–H and O–H groups in total. The van der Waals surface area contributed by atoms with Crippen molar-refractivity contribution < 1.29 is 26.8 Å². The first-order valence-electron chi connectivity index (χ1n) is 7.89. The maximum Gasteiger partial charge on any atom is 0.295 e. The van der Waals surface area contributed by atoms with Crippen molar-refractivity contribution in [1.29, 1.82) is 0 Å². The molecule has 3 aromatic rings. The maximum absolute atomic E-state index is 12.6. The van der Waals surface area contributed by atoms with E-state index in [0.717, 1.165) is 11.3 Å². The summed E-state index contributed by atoms with van der Waals surface area (Å²) in [5.74, 6) is 1.77. The zero-order chi connectivity index (χ0) is 18.3. The quantitative estimate of drug-likeness (QED) is 0.746. The average molecular weight is 376 g/mol. The Labute approximate surface area is 149 Å². The third kappa shape index (κ3) is 2.90. The first-order chi connectivity index (χ1) is 12.4. The summed E-state index contributed by atoms with van der Waals surface area (Å²) in [7, 11) is -3.91. The lowest BCUT2D eigenvalue weighted by molar-refractivity contribution is 0.171. The highest BCUT2D eigenvalue weighted by Crippen LogP contribution is 2.34. The summed E-state index contributed by atoms with van der Waals surface area (Å²) in [4.78, 5) is 0. The first kappa shape index (κ1) is 16.5. The van der Waals surface area contributed by atoms with Crippen LogP contribution in [0.3, 0.4) is 0 Å². The van der Waals surface area contributed by atoms with Crippen LogP contribution in [-0.2, 0) is 10.0 Å². The minimum Gasteiger partial charge on any atom is -0.486 e. The molecular weight excluding hydrogens is 360 g/mol. The van der Waals surface area contributed by atoms with E-state index in [0.29, 0.717) is 41.9 Å². The molecule has 0 radical (unpaired) electrons. The van der Waals surface area contributed by atoms with Gasteiger partial charge in [0.15, 0.2) is 17.3 Å². The molecule has 0 aliphatic carbocycles. The van der Waals surface area contributed by atoms with Gasteiger partial charge in [-0.1, -0.05) is 5.16 Å². The molecule has 26 heavy (non-hydrogen) atoms. The maximum atomic E-state index is 12.6. The Bertz CT molecular complexity index is 1070. The fraction of sp³-hybridized carbons (Fsp3) is 0.235. The topological polar surface area (TPSA) is 104 Å². The molecule has 2 aromatic heterocycles. The van der Waals surface area contributed by atoms with E-state index in [2.05, 4.69) is 9.88 Å². The Hall–Kier alpha value is -2.94. The largest absolute Gasteiger partial charge is 0.486 e. The zero-order valence-corrected chi connectivity index (χ0v) is 14.9. The van der Waals surface area contributed by atoms with Gasteiger partial charge in [-0.05, 0) is 38.1 Å². The van der Waals surface area contributed by atoms with Gasteiger partial charge in [-0.3, -0.25) is 4.72 Å². The first-order valence-corrected chi connectivity index (χ1v) is 9.38. The van der Waals surface area contributed by atoms with Crippen molar-refractivity contribution in [2.45, 2.75) is 18.9 Å². The second-order valence-electron chi connectivity index (χ2n) is 5.80. The Morgan fingerprint density at radius 1 is 1.04 bits per heavy atom. The van der Waals surface area contributed by atoms with Gasteiger partial charge in [0, 0.05) is 11.6 Å². The van der Waals surface area contributed by atoms with Gasteiger partial charge in [-0.2, -0.15) is 8.42 Å². The number of sulfonamides is 1. The van der Waals surface area contributed by atoms with Crippen molar-refractivity contribution in [3.05, 3.63) is 41.6 Å². The van der Waals surface area contributed by atoms with E-state index >= 15 is 0 Å². The van der Waals surface area contributed by atoms with Crippen LogP contribution in [0.5, 0.6) is 11.5 Å². The average Bonchev–Trinajstić information content (AvgIpc) is 3.23. The molecule has 0 fully saturated rings. The molecule has 0 bridgehead atoms. The van der Waals surface area contributed by atoms with E-state index in [-0.39, 0.29) is 5.09 Å². The Kier molecular flexibility index (Phi) is 3.87. The van der Waals surface area contributed by atoms with Crippen molar-refractivity contribution in [2.75, 3.05) is 17.9 Å². The molecule has 8 nitrogen and oxygen atoms in total. The molecule has 1 aromatic carbocycles. The van der Waals surface area contributed by atoms with Gasteiger partial charge in [0.25, 0.3) is 10.0 Å². The van der Waals surface area contributed by atoms with Crippen molar-refractivity contribution >= 4 is 15.7 Å². The van der Waals surface area contributed by atoms with Crippen molar-refractivity contribution in [2.24, 2.45) is 0 Å². The molecule has 0 spiro atoms. The summed E-state index contributed by atoms with van der Waals surface area (Å²) in [5.41, 5.74) is 1.86. The van der Waals surface area contributed by atoms with Crippen molar-refractivity contribution in [3.8, 4) is 23.0 Å². The summed E-state index contributed by atoms with van der Waals surface area (Å²) in [5, 5.41) is 3.62. The number of nitrogens with zero attached hydrogens (tertiary/aromatic N) is 1. The van der Waals surface area contributed by atoms with Gasteiger partial charge in [-0.15, -0.1) is 0 Å². The molecule has 4 rings (SSSR count). The molecule has 0 unspecified atom stereocenters. The highest BCUT2D eigenvalue weighted by atomic mass is 32.2. The minimum absolute atomic E-state index is 0.226. The monoisotopic (exact) mass is 376 g/mol. The molecule has 0 saturated heterocycles. The summed E-state index contributed by atoms with van der Waals surface area (Å²) in [6.45, 7) is 4.51. The van der Waals surface area contributed by atoms with Crippen LogP contribution in [0.2, 0.25) is 0 Å². The smallest absolute Gasteiger partial charge is 0.295 e. The third-order valence-electron chi connectivity index (χ3n) is 4.02. The van der Waals surface area contributed by atoms with Crippen LogP contribution in [0, 0.1) is 13.8 Å². The van der Waals surface area contributed by atoms with Gasteiger partial charge in [0.2, 0.25) is 10.9 Å². The summed E-state index contributed by atoms with van der Waals surface area (Å²) in [6, 6.07) is 7.72. The van der Waals surface area contributed by atoms with Crippen LogP contribution < -0.4 is 14.2 Å². The minimum atomic E-state index is -3.91. The van der Waals surface area contributed by atoms with Crippen LogP contribution in [-0.4, -0.2) is 26.8 Å². The van der Waals surface area contributed by atoms with Crippen molar-refractivity contribution in [3.63, 3.8) is 0 Å². The Morgan fingerprint density at radius 2 is 1.81 bits per heavy atom. The molecule has 0 atom stereocenters. The van der Waals surface area contributed by atoms with E-state index in [4.69, 9.17) is 18.4 Å². The number of aryl methyl sites for hydroxylation is 1. The summed E-state index contributed by atoms with van der Waals surface area (Å²) in [6.07, 6.45) is 0. The van der Waals surface area contributed by atoms with Crippen LogP contribution in [0.1, 0.15) is 11.3 Å². The fourth-order valence-corrected chi connectivity index (χ4v) is 3.53. The van der Waals surface area contributed by atoms with Gasteiger partial charge >= 0.3 is 0 Å². The number of aromatic nitrogens is 1. The van der Waals surface area contributed by atoms with Gasteiger partial charge in [0.1, 0.15) is 13.2 Å². The lowest BCUT2D eigenvalue weighted by Crippen LogP contribution is -2.16. The van der Waals surface area contributed by atoms with Crippen LogP contribution in [0.15, 0.2) is 44.4 Å². The Balaban J connectivity index is 1.60. The molecule has 0 saturated carbocycles. The van der Waals surface area contributed by atoms with Crippen molar-refractivity contribution in [1.82, 2.24) is 5.16 Å². The van der Waals surface area contributed by atoms with E-state index in [1.54, 1.807) is 25.1 Å². The molecule has 0 amide bonds. The predicted molar refractivity (Wildman–Crippen MR) is 91.9 cm³/mol. The van der Waals surface area contributed by atoms with Gasteiger partial charge in [0.05, 0.1) is 11.4 Å². The van der Waals surface area contributed by atoms with E-state index < -0.39 is 10.0 Å². The molecule has 3 heterocycles. The van der Waals surface area contributed by atoms with Crippen LogP contribution >= 0.6 is 0 Å². The number of rotatable bonds is 4. The van der Waals surface area contributed by atoms with E-state index in [1.165, 1.54) is 12.1 Å². The number of benzene rings is 1. The highest BCUT2D eigenvalue weighted by Gasteiger charge is 2.23. The summed E-state index contributed by atoms with van der Waals surface area (Å²) >= 11 is 0. The van der Waals surface area contributed by atoms with E-state index in [1.807, 2.05) is 6.92 Å². The second kappa shape index (κ2) is 6.10. The second-order valence-corrected chi connectivity index (χ2v) is 7.42. The van der Waals surface area contributed by atoms with Gasteiger partial charge in [-0.25, -0.2) is 0 Å². The fourth-order valence-electron chi connectivity index (χ4n) is 2.54.